The van der Waals surface area contributed by atoms with Crippen molar-refractivity contribution in [3.8, 4) is 0 Å². The highest BCUT2D eigenvalue weighted by molar-refractivity contribution is 5.91. The minimum atomic E-state index is -1.00. The maximum atomic E-state index is 12.8. The van der Waals surface area contributed by atoms with Gasteiger partial charge in [-0.1, -0.05) is 6.92 Å². The van der Waals surface area contributed by atoms with Gasteiger partial charge in [0.15, 0.2) is 0 Å². The first kappa shape index (κ1) is 15.9. The van der Waals surface area contributed by atoms with E-state index in [1.807, 2.05) is 0 Å². The fourth-order valence-electron chi connectivity index (χ4n) is 1.52. The van der Waals surface area contributed by atoms with Crippen molar-refractivity contribution < 1.29 is 19.1 Å². The van der Waals surface area contributed by atoms with E-state index >= 15 is 0 Å². The first-order valence-corrected chi connectivity index (χ1v) is 6.30. The van der Waals surface area contributed by atoms with Gasteiger partial charge >= 0.3 is 12.0 Å². The number of urea groups is 1. The molecule has 2 N–H and O–H groups in total. The number of hydrogen-bond donors (Lipinski definition) is 2. The van der Waals surface area contributed by atoms with Gasteiger partial charge < -0.3 is 10.4 Å². The lowest BCUT2D eigenvalue weighted by molar-refractivity contribution is -0.147. The van der Waals surface area contributed by atoms with Crippen LogP contribution in [0.15, 0.2) is 24.3 Å². The molecule has 0 saturated heterocycles. The van der Waals surface area contributed by atoms with Crippen LogP contribution in [0, 0.1) is 11.2 Å². The molecule has 1 atom stereocenters. The zero-order valence-electron chi connectivity index (χ0n) is 11.8. The van der Waals surface area contributed by atoms with Crippen LogP contribution in [0.1, 0.15) is 20.3 Å². The summed E-state index contributed by atoms with van der Waals surface area (Å²) in [7, 11) is 1.53. The van der Waals surface area contributed by atoms with E-state index in [0.29, 0.717) is 12.1 Å². The Labute approximate surface area is 117 Å². The Morgan fingerprint density at radius 2 is 1.90 bits per heavy atom. The average Bonchev–Trinajstić information content (AvgIpc) is 2.44. The molecule has 0 aromatic heterocycles. The van der Waals surface area contributed by atoms with Crippen molar-refractivity contribution >= 4 is 17.7 Å². The van der Waals surface area contributed by atoms with Gasteiger partial charge in [0.25, 0.3) is 0 Å². The molecule has 0 aliphatic heterocycles. The lowest BCUT2D eigenvalue weighted by Gasteiger charge is -2.25. The van der Waals surface area contributed by atoms with Crippen LogP contribution >= 0.6 is 0 Å². The number of carboxylic acids is 1. The highest BCUT2D eigenvalue weighted by Crippen LogP contribution is 2.20. The zero-order valence-corrected chi connectivity index (χ0v) is 11.8. The van der Waals surface area contributed by atoms with Gasteiger partial charge in [-0.2, -0.15) is 0 Å². The first-order chi connectivity index (χ1) is 9.30. The Kier molecular flexibility index (Phi) is 5.07. The van der Waals surface area contributed by atoms with Gasteiger partial charge in [-0.3, -0.25) is 9.69 Å². The van der Waals surface area contributed by atoms with E-state index in [1.165, 1.54) is 36.2 Å². The smallest absolute Gasteiger partial charge is 0.321 e. The summed E-state index contributed by atoms with van der Waals surface area (Å²) in [6.07, 6.45) is 0.406. The summed E-state index contributed by atoms with van der Waals surface area (Å²) in [5.74, 6) is -1.34. The summed E-state index contributed by atoms with van der Waals surface area (Å²) in [6.45, 7) is 3.36. The second-order valence-corrected chi connectivity index (χ2v) is 4.91. The normalized spacial score (nSPS) is 13.4. The topological polar surface area (TPSA) is 69.6 Å². The van der Waals surface area contributed by atoms with Crippen LogP contribution in [0.3, 0.4) is 0 Å². The molecule has 0 fully saturated rings. The van der Waals surface area contributed by atoms with Crippen molar-refractivity contribution in [2.24, 2.45) is 5.41 Å². The average molecular weight is 282 g/mol. The molecule has 0 unspecified atom stereocenters. The van der Waals surface area contributed by atoms with Crippen molar-refractivity contribution in [1.82, 2.24) is 5.32 Å². The maximum Gasteiger partial charge on any atom is 0.321 e. The number of anilines is 1. The largest absolute Gasteiger partial charge is 0.481 e. The molecule has 5 nitrogen and oxygen atoms in total. The SMILES string of the molecule is CC[C@](C)(CNC(=O)N(C)c1ccc(F)cc1)C(=O)O. The minimum Gasteiger partial charge on any atom is -0.481 e. The number of carbonyl (C=O) groups excluding carboxylic acids is 1. The molecular weight excluding hydrogens is 263 g/mol. The van der Waals surface area contributed by atoms with Gasteiger partial charge in [-0.25, -0.2) is 9.18 Å². The highest BCUT2D eigenvalue weighted by atomic mass is 19.1. The summed E-state index contributed by atoms with van der Waals surface area (Å²) in [5, 5.41) is 11.7. The Morgan fingerprint density at radius 1 is 1.35 bits per heavy atom. The summed E-state index contributed by atoms with van der Waals surface area (Å²) in [5.41, 5.74) is -0.475. The van der Waals surface area contributed by atoms with Crippen LogP contribution in [0.25, 0.3) is 0 Å². The van der Waals surface area contributed by atoms with E-state index in [9.17, 15) is 14.0 Å². The molecule has 0 radical (unpaired) electrons. The predicted molar refractivity (Wildman–Crippen MR) is 74.2 cm³/mol. The summed E-state index contributed by atoms with van der Waals surface area (Å²) in [6, 6.07) is 5.03. The number of hydrogen-bond acceptors (Lipinski definition) is 2. The Hall–Kier alpha value is -2.11. The van der Waals surface area contributed by atoms with E-state index in [0.717, 1.165) is 0 Å². The number of rotatable bonds is 5. The summed E-state index contributed by atoms with van der Waals surface area (Å²) in [4.78, 5) is 24.4. The molecule has 1 rings (SSSR count). The third-order valence-electron chi connectivity index (χ3n) is 3.44. The molecule has 0 heterocycles. The van der Waals surface area contributed by atoms with E-state index < -0.39 is 17.4 Å². The third-order valence-corrected chi connectivity index (χ3v) is 3.44. The second kappa shape index (κ2) is 6.36. The molecule has 1 aromatic carbocycles. The standard InChI is InChI=1S/C14H19FN2O3/c1-4-14(2,12(18)19)9-16-13(20)17(3)11-7-5-10(15)6-8-11/h5-8H,4,9H2,1-3H3,(H,16,20)(H,18,19)/t14-/m1/s1. The molecule has 0 aliphatic rings. The minimum absolute atomic E-state index is 0.0310. The van der Waals surface area contributed by atoms with Crippen LogP contribution < -0.4 is 10.2 Å². The molecule has 0 aliphatic carbocycles. The van der Waals surface area contributed by atoms with Crippen molar-refractivity contribution in [2.45, 2.75) is 20.3 Å². The molecule has 2 amide bonds. The number of nitrogens with zero attached hydrogens (tertiary/aromatic N) is 1. The fourth-order valence-corrected chi connectivity index (χ4v) is 1.52. The van der Waals surface area contributed by atoms with Crippen molar-refractivity contribution in [2.75, 3.05) is 18.5 Å². The quantitative estimate of drug-likeness (QED) is 0.871. The molecule has 0 bridgehead atoms. The van der Waals surface area contributed by atoms with Crippen LogP contribution in [-0.4, -0.2) is 30.7 Å². The van der Waals surface area contributed by atoms with Gasteiger partial charge in [-0.15, -0.1) is 0 Å². The van der Waals surface area contributed by atoms with Crippen LogP contribution in [0.2, 0.25) is 0 Å². The van der Waals surface area contributed by atoms with Gasteiger partial charge in [-0.05, 0) is 37.6 Å². The molecule has 0 saturated carbocycles. The van der Waals surface area contributed by atoms with Gasteiger partial charge in [0.2, 0.25) is 0 Å². The van der Waals surface area contributed by atoms with Crippen molar-refractivity contribution in [3.63, 3.8) is 0 Å². The molecule has 1 aromatic rings. The Morgan fingerprint density at radius 3 is 2.35 bits per heavy atom. The van der Waals surface area contributed by atoms with E-state index in [-0.39, 0.29) is 12.4 Å². The number of halogens is 1. The molecular formula is C14H19FN2O3. The monoisotopic (exact) mass is 282 g/mol. The summed E-state index contributed by atoms with van der Waals surface area (Å²) >= 11 is 0. The number of carboxylic acid groups (broad SMARTS) is 1. The van der Waals surface area contributed by atoms with Crippen molar-refractivity contribution in [3.05, 3.63) is 30.1 Å². The van der Waals surface area contributed by atoms with Gasteiger partial charge in [0.05, 0.1) is 5.41 Å². The molecule has 6 heteroatoms. The fraction of sp³-hybridized carbons (Fsp3) is 0.429. The first-order valence-electron chi connectivity index (χ1n) is 6.30. The maximum absolute atomic E-state index is 12.8. The lowest BCUT2D eigenvalue weighted by atomic mass is 9.88. The molecule has 110 valence electrons. The van der Waals surface area contributed by atoms with E-state index in [2.05, 4.69) is 5.32 Å². The van der Waals surface area contributed by atoms with Gasteiger partial charge in [0, 0.05) is 19.3 Å². The van der Waals surface area contributed by atoms with Crippen molar-refractivity contribution in [1.29, 1.82) is 0 Å². The van der Waals surface area contributed by atoms with Crippen LogP contribution in [-0.2, 0) is 4.79 Å². The number of carbonyl (C=O) groups is 2. The lowest BCUT2D eigenvalue weighted by Crippen LogP contribution is -2.45. The number of nitrogens with one attached hydrogen (secondary N) is 1. The molecule has 0 spiro atoms. The van der Waals surface area contributed by atoms with E-state index in [4.69, 9.17) is 5.11 Å². The predicted octanol–water partition coefficient (Wildman–Crippen LogP) is 2.47. The van der Waals surface area contributed by atoms with Crippen LogP contribution in [0.4, 0.5) is 14.9 Å². The summed E-state index contributed by atoms with van der Waals surface area (Å²) < 4.78 is 12.8. The number of aliphatic carboxylic acids is 1. The Bertz CT molecular complexity index is 490. The van der Waals surface area contributed by atoms with Gasteiger partial charge in [0.1, 0.15) is 5.82 Å². The van der Waals surface area contributed by atoms with E-state index in [1.54, 1.807) is 13.8 Å². The second-order valence-electron chi connectivity index (χ2n) is 4.91. The Balaban J connectivity index is 2.67. The highest BCUT2D eigenvalue weighted by Gasteiger charge is 2.31. The number of benzene rings is 1. The van der Waals surface area contributed by atoms with Crippen LogP contribution in [0.5, 0.6) is 0 Å². The zero-order chi connectivity index (χ0) is 15.3. The number of amides is 2. The third kappa shape index (κ3) is 3.69. The molecule has 20 heavy (non-hydrogen) atoms.